The highest BCUT2D eigenvalue weighted by Gasteiger charge is 2.38. The molecule has 0 unspecified atom stereocenters. The lowest BCUT2D eigenvalue weighted by atomic mass is 10.1. The summed E-state index contributed by atoms with van der Waals surface area (Å²) in [5.74, 6) is 0.907. The van der Waals surface area contributed by atoms with Crippen molar-refractivity contribution in [1.82, 2.24) is 14.9 Å². The zero-order chi connectivity index (χ0) is 25.1. The molecule has 7 nitrogen and oxygen atoms in total. The Morgan fingerprint density at radius 3 is 2.50 bits per heavy atom. The van der Waals surface area contributed by atoms with Gasteiger partial charge in [-0.1, -0.05) is 0 Å². The van der Waals surface area contributed by atoms with Crippen LogP contribution >= 0.6 is 7.14 Å². The van der Waals surface area contributed by atoms with Gasteiger partial charge < -0.3 is 24.9 Å². The summed E-state index contributed by atoms with van der Waals surface area (Å²) in [5.41, 5.74) is 0.411. The van der Waals surface area contributed by atoms with Gasteiger partial charge in [-0.3, -0.25) is 4.90 Å². The van der Waals surface area contributed by atoms with Crippen LogP contribution in [0.25, 0.3) is 11.0 Å². The van der Waals surface area contributed by atoms with E-state index in [9.17, 15) is 17.7 Å². The number of hydrogen-bond acceptors (Lipinski definition) is 6. The highest BCUT2D eigenvalue weighted by molar-refractivity contribution is 7.71. The molecule has 1 saturated heterocycles. The van der Waals surface area contributed by atoms with E-state index in [1.807, 2.05) is 18.2 Å². The second-order valence-electron chi connectivity index (χ2n) is 10.0. The van der Waals surface area contributed by atoms with E-state index in [4.69, 9.17) is 4.74 Å². The molecule has 3 heterocycles. The number of aromatic amines is 1. The molecule has 2 saturated carbocycles. The second-order valence-corrected chi connectivity index (χ2v) is 13.2. The van der Waals surface area contributed by atoms with E-state index in [0.29, 0.717) is 41.3 Å². The van der Waals surface area contributed by atoms with Gasteiger partial charge in [0, 0.05) is 60.8 Å². The third kappa shape index (κ3) is 4.57. The maximum atomic E-state index is 13.7. The van der Waals surface area contributed by atoms with Crippen molar-refractivity contribution in [2.75, 3.05) is 43.2 Å². The normalized spacial score (nSPS) is 20.4. The van der Waals surface area contributed by atoms with Crippen LogP contribution in [0.2, 0.25) is 0 Å². The third-order valence-corrected chi connectivity index (χ3v) is 10.4. The highest BCUT2D eigenvalue weighted by Crippen LogP contribution is 2.49. The molecule has 2 aliphatic carbocycles. The number of methoxy groups -OCH3 is 1. The van der Waals surface area contributed by atoms with E-state index in [1.165, 1.54) is 12.8 Å². The van der Waals surface area contributed by atoms with Gasteiger partial charge in [-0.25, -0.2) is 4.98 Å². The van der Waals surface area contributed by atoms with Crippen LogP contribution in [0.4, 0.5) is 30.4 Å². The summed E-state index contributed by atoms with van der Waals surface area (Å²) in [7, 11) is -0.958. The van der Waals surface area contributed by atoms with Gasteiger partial charge in [0.1, 0.15) is 24.4 Å². The van der Waals surface area contributed by atoms with Crippen molar-refractivity contribution in [2.24, 2.45) is 0 Å². The molecule has 6 rings (SSSR count). The maximum absolute atomic E-state index is 13.7. The SMILES string of the molecule is COc1cc(P2(=O)CCN(C3CC3)CC2)ccc1Nc1cc(NC2CC2)c2c(C(F)(F)F)c[nH]c2n1. The maximum Gasteiger partial charge on any atom is 0.418 e. The molecule has 36 heavy (non-hydrogen) atoms. The first-order valence-corrected chi connectivity index (χ1v) is 14.4. The first-order valence-electron chi connectivity index (χ1n) is 12.4. The summed E-state index contributed by atoms with van der Waals surface area (Å²) in [5, 5.41) is 7.25. The minimum absolute atomic E-state index is 0.0397. The number of anilines is 3. The van der Waals surface area contributed by atoms with Crippen LogP contribution in [0.1, 0.15) is 31.2 Å². The molecule has 3 fully saturated rings. The van der Waals surface area contributed by atoms with Gasteiger partial charge in [-0.15, -0.1) is 0 Å². The lowest BCUT2D eigenvalue weighted by Gasteiger charge is -2.32. The van der Waals surface area contributed by atoms with E-state index in [-0.39, 0.29) is 17.1 Å². The zero-order valence-electron chi connectivity index (χ0n) is 20.0. The van der Waals surface area contributed by atoms with Crippen LogP contribution in [-0.2, 0) is 10.7 Å². The zero-order valence-corrected chi connectivity index (χ0v) is 20.9. The Morgan fingerprint density at radius 1 is 1.11 bits per heavy atom. The first-order chi connectivity index (χ1) is 17.2. The van der Waals surface area contributed by atoms with Gasteiger partial charge in [0.2, 0.25) is 0 Å². The van der Waals surface area contributed by atoms with E-state index >= 15 is 0 Å². The van der Waals surface area contributed by atoms with Crippen LogP contribution in [0, 0.1) is 0 Å². The number of nitrogens with zero attached hydrogens (tertiary/aromatic N) is 2. The number of H-pyrrole nitrogens is 1. The molecule has 0 bridgehead atoms. The molecule has 0 atom stereocenters. The predicted molar refractivity (Wildman–Crippen MR) is 136 cm³/mol. The molecule has 1 aromatic carbocycles. The van der Waals surface area contributed by atoms with Crippen LogP contribution in [0.5, 0.6) is 5.75 Å². The number of alkyl halides is 3. The monoisotopic (exact) mass is 519 g/mol. The highest BCUT2D eigenvalue weighted by atomic mass is 31.2. The largest absolute Gasteiger partial charge is 0.495 e. The Morgan fingerprint density at radius 2 is 1.86 bits per heavy atom. The molecule has 0 amide bonds. The number of halogens is 3. The number of hydrogen-bond donors (Lipinski definition) is 3. The van der Waals surface area contributed by atoms with Crippen LogP contribution in [0.15, 0.2) is 30.5 Å². The molecule has 2 aromatic heterocycles. The fourth-order valence-electron chi connectivity index (χ4n) is 5.03. The van der Waals surface area contributed by atoms with Gasteiger partial charge in [-0.2, -0.15) is 13.2 Å². The summed E-state index contributed by atoms with van der Waals surface area (Å²) in [4.78, 5) is 9.52. The fourth-order valence-corrected chi connectivity index (χ4v) is 7.62. The summed E-state index contributed by atoms with van der Waals surface area (Å²) in [6, 6.07) is 7.96. The van der Waals surface area contributed by atoms with Crippen LogP contribution in [0.3, 0.4) is 0 Å². The Labute approximate surface area is 207 Å². The van der Waals surface area contributed by atoms with Crippen molar-refractivity contribution in [3.05, 3.63) is 36.0 Å². The second kappa shape index (κ2) is 8.70. The summed E-state index contributed by atoms with van der Waals surface area (Å²) < 4.78 is 60.1. The Hall–Kier alpha value is -2.71. The molecule has 3 aromatic rings. The Kier molecular flexibility index (Phi) is 5.72. The average molecular weight is 520 g/mol. The number of nitrogens with one attached hydrogen (secondary N) is 3. The van der Waals surface area contributed by atoms with E-state index in [2.05, 4.69) is 25.5 Å². The van der Waals surface area contributed by atoms with Crippen molar-refractivity contribution in [1.29, 1.82) is 0 Å². The fraction of sp³-hybridized carbons (Fsp3) is 0.480. The van der Waals surface area contributed by atoms with E-state index in [0.717, 1.165) is 37.4 Å². The van der Waals surface area contributed by atoms with Crippen LogP contribution < -0.4 is 20.7 Å². The first kappa shape index (κ1) is 23.7. The van der Waals surface area contributed by atoms with Gasteiger partial charge >= 0.3 is 6.18 Å². The molecular formula is C25H29F3N5O2P. The van der Waals surface area contributed by atoms with E-state index < -0.39 is 18.9 Å². The standard InChI is InChI=1S/C25H29F3N5O2P/c1-35-21-12-17(36(34)10-8-33(9-11-36)16-4-5-16)6-7-19(21)31-22-13-20(30-15-2-3-15)23-18(25(26,27)28)14-29-24(23)32-22/h6-7,12-16H,2-5,8-11H2,1H3,(H3,29,30,31,32). The number of pyridine rings is 1. The lowest BCUT2D eigenvalue weighted by molar-refractivity contribution is -0.136. The van der Waals surface area contributed by atoms with Crippen molar-refractivity contribution in [3.8, 4) is 5.75 Å². The minimum atomic E-state index is -4.49. The van der Waals surface area contributed by atoms with Crippen molar-refractivity contribution < 1.29 is 22.5 Å². The molecular weight excluding hydrogens is 490 g/mol. The topological polar surface area (TPSA) is 82.3 Å². The van der Waals surface area contributed by atoms with Crippen molar-refractivity contribution >= 4 is 40.7 Å². The van der Waals surface area contributed by atoms with E-state index in [1.54, 1.807) is 13.2 Å². The third-order valence-electron chi connectivity index (χ3n) is 7.36. The van der Waals surface area contributed by atoms with Gasteiger partial charge in [0.15, 0.2) is 0 Å². The quantitative estimate of drug-likeness (QED) is 0.364. The molecule has 0 spiro atoms. The van der Waals surface area contributed by atoms with Gasteiger partial charge in [0.25, 0.3) is 0 Å². The predicted octanol–water partition coefficient (Wildman–Crippen LogP) is 5.37. The summed E-state index contributed by atoms with van der Waals surface area (Å²) in [6.45, 7) is 1.72. The molecule has 11 heteroatoms. The Balaban J connectivity index is 1.29. The summed E-state index contributed by atoms with van der Waals surface area (Å²) >= 11 is 0. The van der Waals surface area contributed by atoms with Gasteiger partial charge in [0.05, 0.1) is 23.7 Å². The smallest absolute Gasteiger partial charge is 0.418 e. The number of aromatic nitrogens is 2. The molecule has 3 aliphatic rings. The number of benzene rings is 1. The van der Waals surface area contributed by atoms with Gasteiger partial charge in [-0.05, 0) is 43.9 Å². The Bertz CT molecular complexity index is 1340. The lowest BCUT2D eigenvalue weighted by Crippen LogP contribution is -2.38. The molecule has 1 aliphatic heterocycles. The summed E-state index contributed by atoms with van der Waals surface area (Å²) in [6.07, 6.45) is 2.15. The minimum Gasteiger partial charge on any atom is -0.495 e. The van der Waals surface area contributed by atoms with Crippen molar-refractivity contribution in [3.63, 3.8) is 0 Å². The number of ether oxygens (including phenoxy) is 1. The molecule has 192 valence electrons. The number of fused-ring (bicyclic) bond motifs is 1. The molecule has 3 N–H and O–H groups in total. The number of rotatable bonds is 7. The molecule has 0 radical (unpaired) electrons. The van der Waals surface area contributed by atoms with Crippen LogP contribution in [-0.4, -0.2) is 59.5 Å². The average Bonchev–Trinajstić information content (AvgIpc) is 3.78. The van der Waals surface area contributed by atoms with Crippen molar-refractivity contribution in [2.45, 2.75) is 43.9 Å².